The number of anilines is 1. The molecule has 1 aromatic rings. The lowest BCUT2D eigenvalue weighted by molar-refractivity contribution is 0.00744. The number of aliphatic hydroxyl groups is 1. The standard InChI is InChI=1S/C14H19NO2/c16-14(11-5-8-17-9-6-11)12-3-1-2-10-4-7-15-13(10)12/h1-3,11,14-16H,4-9H2. The predicted octanol–water partition coefficient (Wildman–Crippen LogP) is 2.11. The molecule has 1 aromatic carbocycles. The van der Waals surface area contributed by atoms with E-state index in [1.54, 1.807) is 0 Å². The van der Waals surface area contributed by atoms with Crippen LogP contribution >= 0.6 is 0 Å². The molecule has 0 saturated carbocycles. The Bertz CT molecular complexity index is 399. The van der Waals surface area contributed by atoms with Crippen LogP contribution in [0.2, 0.25) is 0 Å². The van der Waals surface area contributed by atoms with Gasteiger partial charge in [0.05, 0.1) is 6.10 Å². The van der Waals surface area contributed by atoms with E-state index in [1.165, 1.54) is 11.3 Å². The average Bonchev–Trinajstić information content (AvgIpc) is 2.87. The van der Waals surface area contributed by atoms with Gasteiger partial charge in [0.1, 0.15) is 0 Å². The first kappa shape index (κ1) is 11.1. The maximum atomic E-state index is 10.5. The number of fused-ring (bicyclic) bond motifs is 1. The second kappa shape index (κ2) is 4.67. The molecule has 0 radical (unpaired) electrons. The Labute approximate surface area is 102 Å². The summed E-state index contributed by atoms with van der Waals surface area (Å²) in [5.74, 6) is 0.345. The molecular weight excluding hydrogens is 214 g/mol. The van der Waals surface area contributed by atoms with E-state index in [4.69, 9.17) is 4.74 Å². The predicted molar refractivity (Wildman–Crippen MR) is 67.1 cm³/mol. The lowest BCUT2D eigenvalue weighted by Crippen LogP contribution is -2.22. The van der Waals surface area contributed by atoms with Gasteiger partial charge < -0.3 is 15.2 Å². The van der Waals surface area contributed by atoms with Crippen LogP contribution in [-0.2, 0) is 11.2 Å². The Balaban J connectivity index is 1.85. The number of nitrogens with one attached hydrogen (secondary N) is 1. The third kappa shape index (κ3) is 2.05. The monoisotopic (exact) mass is 233 g/mol. The Kier molecular flexibility index (Phi) is 3.04. The van der Waals surface area contributed by atoms with Crippen molar-refractivity contribution in [3.63, 3.8) is 0 Å². The zero-order chi connectivity index (χ0) is 11.7. The van der Waals surface area contributed by atoms with Crippen LogP contribution in [0.25, 0.3) is 0 Å². The summed E-state index contributed by atoms with van der Waals surface area (Å²) in [6, 6.07) is 6.26. The van der Waals surface area contributed by atoms with Gasteiger partial charge in [0.15, 0.2) is 0 Å². The van der Waals surface area contributed by atoms with Gasteiger partial charge in [0, 0.05) is 31.0 Å². The number of hydrogen-bond donors (Lipinski definition) is 2. The zero-order valence-corrected chi connectivity index (χ0v) is 9.98. The van der Waals surface area contributed by atoms with Crippen LogP contribution in [0.5, 0.6) is 0 Å². The average molecular weight is 233 g/mol. The van der Waals surface area contributed by atoms with Gasteiger partial charge in [-0.2, -0.15) is 0 Å². The Hall–Kier alpha value is -1.06. The minimum absolute atomic E-state index is 0.345. The van der Waals surface area contributed by atoms with Gasteiger partial charge in [0.25, 0.3) is 0 Å². The SMILES string of the molecule is OC(c1cccc2c1NCC2)C1CCOCC1. The zero-order valence-electron chi connectivity index (χ0n) is 9.98. The minimum Gasteiger partial charge on any atom is -0.388 e. The molecule has 3 heteroatoms. The van der Waals surface area contributed by atoms with E-state index in [9.17, 15) is 5.11 Å². The van der Waals surface area contributed by atoms with Crippen LogP contribution in [0, 0.1) is 5.92 Å². The van der Waals surface area contributed by atoms with Crippen LogP contribution < -0.4 is 5.32 Å². The van der Waals surface area contributed by atoms with Crippen LogP contribution in [0.3, 0.4) is 0 Å². The molecule has 1 fully saturated rings. The molecule has 1 saturated heterocycles. The molecule has 92 valence electrons. The lowest BCUT2D eigenvalue weighted by atomic mass is 9.88. The number of aliphatic hydroxyl groups excluding tert-OH is 1. The summed E-state index contributed by atoms with van der Waals surface area (Å²) < 4.78 is 5.35. The maximum absolute atomic E-state index is 10.5. The lowest BCUT2D eigenvalue weighted by Gasteiger charge is -2.28. The molecule has 2 aliphatic rings. The highest BCUT2D eigenvalue weighted by Crippen LogP contribution is 2.37. The molecule has 17 heavy (non-hydrogen) atoms. The maximum Gasteiger partial charge on any atom is 0.0839 e. The molecule has 1 atom stereocenters. The van der Waals surface area contributed by atoms with E-state index in [-0.39, 0.29) is 6.10 Å². The molecule has 2 aliphatic heterocycles. The summed E-state index contributed by atoms with van der Waals surface area (Å²) in [5.41, 5.74) is 3.59. The number of ether oxygens (including phenoxy) is 1. The van der Waals surface area contributed by atoms with Crippen LogP contribution in [-0.4, -0.2) is 24.9 Å². The van der Waals surface area contributed by atoms with Crippen molar-refractivity contribution in [1.82, 2.24) is 0 Å². The summed E-state index contributed by atoms with van der Waals surface area (Å²) in [4.78, 5) is 0. The second-order valence-corrected chi connectivity index (χ2v) is 4.95. The third-order valence-corrected chi connectivity index (χ3v) is 3.91. The van der Waals surface area contributed by atoms with Crippen molar-refractivity contribution in [2.24, 2.45) is 5.92 Å². The molecule has 2 heterocycles. The van der Waals surface area contributed by atoms with E-state index in [2.05, 4.69) is 23.5 Å². The molecule has 0 bridgehead atoms. The smallest absolute Gasteiger partial charge is 0.0839 e. The first-order chi connectivity index (χ1) is 8.36. The molecule has 2 N–H and O–H groups in total. The van der Waals surface area contributed by atoms with E-state index < -0.39 is 0 Å². The van der Waals surface area contributed by atoms with Gasteiger partial charge in [-0.05, 0) is 30.7 Å². The normalized spacial score (nSPS) is 21.9. The van der Waals surface area contributed by atoms with Crippen molar-refractivity contribution >= 4 is 5.69 Å². The molecule has 0 amide bonds. The van der Waals surface area contributed by atoms with Crippen LogP contribution in [0.15, 0.2) is 18.2 Å². The molecular formula is C14H19NO2. The minimum atomic E-state index is -0.348. The largest absolute Gasteiger partial charge is 0.388 e. The van der Waals surface area contributed by atoms with E-state index >= 15 is 0 Å². The number of rotatable bonds is 2. The first-order valence-electron chi connectivity index (χ1n) is 6.48. The van der Waals surface area contributed by atoms with Crippen molar-refractivity contribution in [3.8, 4) is 0 Å². The van der Waals surface area contributed by atoms with Gasteiger partial charge >= 0.3 is 0 Å². The second-order valence-electron chi connectivity index (χ2n) is 4.95. The Morgan fingerprint density at radius 3 is 2.94 bits per heavy atom. The van der Waals surface area contributed by atoms with Gasteiger partial charge in [-0.25, -0.2) is 0 Å². The highest BCUT2D eigenvalue weighted by atomic mass is 16.5. The molecule has 0 spiro atoms. The van der Waals surface area contributed by atoms with Crippen molar-refractivity contribution in [2.45, 2.75) is 25.4 Å². The van der Waals surface area contributed by atoms with Gasteiger partial charge in [-0.1, -0.05) is 18.2 Å². The highest BCUT2D eigenvalue weighted by molar-refractivity contribution is 5.61. The summed E-state index contributed by atoms with van der Waals surface area (Å²) in [7, 11) is 0. The topological polar surface area (TPSA) is 41.5 Å². The Morgan fingerprint density at radius 1 is 1.29 bits per heavy atom. The van der Waals surface area contributed by atoms with E-state index in [0.29, 0.717) is 5.92 Å². The van der Waals surface area contributed by atoms with Crippen molar-refractivity contribution in [3.05, 3.63) is 29.3 Å². The van der Waals surface area contributed by atoms with Crippen LogP contribution in [0.4, 0.5) is 5.69 Å². The first-order valence-corrected chi connectivity index (χ1v) is 6.48. The van der Waals surface area contributed by atoms with Gasteiger partial charge in [-0.3, -0.25) is 0 Å². The number of para-hydroxylation sites is 1. The quantitative estimate of drug-likeness (QED) is 0.822. The fourth-order valence-corrected chi connectivity index (χ4v) is 2.90. The molecule has 1 unspecified atom stereocenters. The summed E-state index contributed by atoms with van der Waals surface area (Å²) >= 11 is 0. The Morgan fingerprint density at radius 2 is 2.12 bits per heavy atom. The van der Waals surface area contributed by atoms with Crippen LogP contribution in [0.1, 0.15) is 30.1 Å². The van der Waals surface area contributed by atoms with Crippen molar-refractivity contribution in [1.29, 1.82) is 0 Å². The van der Waals surface area contributed by atoms with Gasteiger partial charge in [0.2, 0.25) is 0 Å². The van der Waals surface area contributed by atoms with Crippen molar-refractivity contribution < 1.29 is 9.84 Å². The van der Waals surface area contributed by atoms with Crippen molar-refractivity contribution in [2.75, 3.05) is 25.1 Å². The molecule has 3 rings (SSSR count). The number of hydrogen-bond acceptors (Lipinski definition) is 3. The summed E-state index contributed by atoms with van der Waals surface area (Å²) in [6.45, 7) is 2.56. The summed E-state index contributed by atoms with van der Waals surface area (Å²) in [6.07, 6.45) is 2.65. The summed E-state index contributed by atoms with van der Waals surface area (Å²) in [5, 5.41) is 13.9. The fraction of sp³-hybridized carbons (Fsp3) is 0.571. The number of benzene rings is 1. The molecule has 0 aromatic heterocycles. The fourth-order valence-electron chi connectivity index (χ4n) is 2.90. The third-order valence-electron chi connectivity index (χ3n) is 3.91. The molecule has 0 aliphatic carbocycles. The molecule has 3 nitrogen and oxygen atoms in total. The van der Waals surface area contributed by atoms with E-state index in [0.717, 1.165) is 44.6 Å². The van der Waals surface area contributed by atoms with Gasteiger partial charge in [-0.15, -0.1) is 0 Å². The van der Waals surface area contributed by atoms with E-state index in [1.807, 2.05) is 0 Å². The highest BCUT2D eigenvalue weighted by Gasteiger charge is 2.27.